The van der Waals surface area contributed by atoms with Gasteiger partial charge in [-0.05, 0) is 31.5 Å². The summed E-state index contributed by atoms with van der Waals surface area (Å²) in [5, 5.41) is 14.3. The predicted octanol–water partition coefficient (Wildman–Crippen LogP) is 2.54. The molecule has 134 valence electrons. The Kier molecular flexibility index (Phi) is 5.01. The Morgan fingerprint density at radius 2 is 2.20 bits per heavy atom. The molecule has 1 aliphatic heterocycles. The van der Waals surface area contributed by atoms with Crippen LogP contribution < -0.4 is 0 Å². The van der Waals surface area contributed by atoms with Gasteiger partial charge in [-0.2, -0.15) is 5.10 Å². The summed E-state index contributed by atoms with van der Waals surface area (Å²) in [6.07, 6.45) is 0.188. The molecule has 7 heteroatoms. The van der Waals surface area contributed by atoms with E-state index >= 15 is 0 Å². The van der Waals surface area contributed by atoms with Crippen LogP contribution >= 0.6 is 11.6 Å². The number of carbonyl (C=O) groups excluding carboxylic acids is 1. The zero-order valence-electron chi connectivity index (χ0n) is 14.6. The molecule has 1 aromatic heterocycles. The van der Waals surface area contributed by atoms with Crippen molar-refractivity contribution in [3.63, 3.8) is 0 Å². The predicted molar refractivity (Wildman–Crippen MR) is 94.8 cm³/mol. The third-order valence-electron chi connectivity index (χ3n) is 4.73. The number of ether oxygens (including phenoxy) is 1. The smallest absolute Gasteiger partial charge is 0.227 e. The van der Waals surface area contributed by atoms with E-state index in [9.17, 15) is 9.90 Å². The molecule has 0 saturated carbocycles. The highest BCUT2D eigenvalue weighted by Crippen LogP contribution is 2.30. The molecule has 0 unspecified atom stereocenters. The van der Waals surface area contributed by atoms with Crippen molar-refractivity contribution in [1.29, 1.82) is 0 Å². The molecular weight excluding hydrogens is 342 g/mol. The molecule has 0 aliphatic carbocycles. The monoisotopic (exact) mass is 363 g/mol. The molecule has 0 radical (unpaired) electrons. The molecule has 2 aromatic rings. The first kappa shape index (κ1) is 17.8. The molecule has 0 bridgehead atoms. The van der Waals surface area contributed by atoms with E-state index in [0.717, 1.165) is 17.0 Å². The molecule has 1 aliphatic rings. The summed E-state index contributed by atoms with van der Waals surface area (Å²) in [6, 6.07) is 4.54. The van der Waals surface area contributed by atoms with Gasteiger partial charge >= 0.3 is 0 Å². The van der Waals surface area contributed by atoms with E-state index in [-0.39, 0.29) is 24.1 Å². The van der Waals surface area contributed by atoms with Gasteiger partial charge in [-0.15, -0.1) is 0 Å². The van der Waals surface area contributed by atoms with Gasteiger partial charge in [-0.1, -0.05) is 17.7 Å². The highest BCUT2D eigenvalue weighted by Gasteiger charge is 2.32. The van der Waals surface area contributed by atoms with Gasteiger partial charge in [0.1, 0.15) is 5.75 Å². The fraction of sp³-hybridized carbons (Fsp3) is 0.444. The summed E-state index contributed by atoms with van der Waals surface area (Å²) in [6.45, 7) is 5.47. The first-order valence-corrected chi connectivity index (χ1v) is 8.61. The van der Waals surface area contributed by atoms with Gasteiger partial charge in [0.05, 0.1) is 31.4 Å². The molecule has 6 nitrogen and oxygen atoms in total. The number of hydrogen-bond acceptors (Lipinski definition) is 4. The van der Waals surface area contributed by atoms with E-state index in [1.165, 1.54) is 6.07 Å². The lowest BCUT2D eigenvalue weighted by Gasteiger charge is -2.36. The standard InChI is InChI=1S/C18H22ClN3O3/c1-11-18(12(2)21(3)20-11)16-10-25-7-6-22(16)17(24)8-13-4-5-14(23)9-15(13)19/h4-5,9,16,23H,6-8,10H2,1-3H3/t16-/m1/s1. The van der Waals surface area contributed by atoms with Crippen LogP contribution in [0.15, 0.2) is 18.2 Å². The Bertz CT molecular complexity index is 803. The number of phenols is 1. The number of phenolic OH excluding ortho intramolecular Hbond substituents is 1. The number of halogens is 1. The Balaban J connectivity index is 1.86. The van der Waals surface area contributed by atoms with Crippen molar-refractivity contribution < 1.29 is 14.6 Å². The average molecular weight is 364 g/mol. The number of amides is 1. The second kappa shape index (κ2) is 7.06. The molecule has 1 atom stereocenters. The van der Waals surface area contributed by atoms with Crippen LogP contribution in [-0.2, 0) is 23.0 Å². The largest absolute Gasteiger partial charge is 0.508 e. The minimum absolute atomic E-state index is 0.0106. The molecule has 1 N–H and O–H groups in total. The van der Waals surface area contributed by atoms with Crippen molar-refractivity contribution in [1.82, 2.24) is 14.7 Å². The first-order valence-electron chi connectivity index (χ1n) is 8.23. The Morgan fingerprint density at radius 1 is 1.44 bits per heavy atom. The van der Waals surface area contributed by atoms with Crippen molar-refractivity contribution in [2.24, 2.45) is 7.05 Å². The minimum atomic E-state index is -0.147. The minimum Gasteiger partial charge on any atom is -0.508 e. The van der Waals surface area contributed by atoms with Crippen molar-refractivity contribution in [2.45, 2.75) is 26.3 Å². The Hall–Kier alpha value is -2.05. The lowest BCUT2D eigenvalue weighted by atomic mass is 10.0. The maximum atomic E-state index is 12.9. The average Bonchev–Trinajstić information content (AvgIpc) is 2.82. The molecule has 3 rings (SSSR count). The van der Waals surface area contributed by atoms with E-state index in [1.54, 1.807) is 12.1 Å². The normalized spacial score (nSPS) is 17.8. The van der Waals surface area contributed by atoms with E-state index in [1.807, 2.05) is 30.5 Å². The van der Waals surface area contributed by atoms with Gasteiger partial charge in [0.15, 0.2) is 0 Å². The van der Waals surface area contributed by atoms with Gasteiger partial charge in [0.2, 0.25) is 5.91 Å². The van der Waals surface area contributed by atoms with Crippen LogP contribution in [0.4, 0.5) is 0 Å². The number of benzene rings is 1. The molecule has 1 amide bonds. The number of morpholine rings is 1. The third kappa shape index (κ3) is 3.50. The summed E-state index contributed by atoms with van der Waals surface area (Å²) in [7, 11) is 1.90. The number of aromatic hydroxyl groups is 1. The van der Waals surface area contributed by atoms with Gasteiger partial charge in [-0.25, -0.2) is 0 Å². The maximum absolute atomic E-state index is 12.9. The highest BCUT2D eigenvalue weighted by molar-refractivity contribution is 6.31. The fourth-order valence-corrected chi connectivity index (χ4v) is 3.60. The SMILES string of the molecule is Cc1nn(C)c(C)c1[C@H]1COCCN1C(=O)Cc1ccc(O)cc1Cl. The molecule has 1 saturated heterocycles. The summed E-state index contributed by atoms with van der Waals surface area (Å²) in [5.41, 5.74) is 3.70. The van der Waals surface area contributed by atoms with E-state index < -0.39 is 0 Å². The molecule has 2 heterocycles. The summed E-state index contributed by atoms with van der Waals surface area (Å²) < 4.78 is 7.47. The zero-order valence-corrected chi connectivity index (χ0v) is 15.4. The molecule has 1 aromatic carbocycles. The Labute approximate surface area is 152 Å². The van der Waals surface area contributed by atoms with Crippen LogP contribution in [0.5, 0.6) is 5.75 Å². The van der Waals surface area contributed by atoms with Crippen LogP contribution in [-0.4, -0.2) is 45.5 Å². The number of nitrogens with zero attached hydrogens (tertiary/aromatic N) is 3. The maximum Gasteiger partial charge on any atom is 0.227 e. The van der Waals surface area contributed by atoms with Crippen LogP contribution in [0, 0.1) is 13.8 Å². The van der Waals surface area contributed by atoms with E-state index in [0.29, 0.717) is 30.3 Å². The lowest BCUT2D eigenvalue weighted by molar-refractivity contribution is -0.139. The summed E-state index contributed by atoms with van der Waals surface area (Å²) >= 11 is 6.15. The van der Waals surface area contributed by atoms with Crippen molar-refractivity contribution in [2.75, 3.05) is 19.8 Å². The lowest BCUT2D eigenvalue weighted by Crippen LogP contribution is -2.44. The zero-order chi connectivity index (χ0) is 18.1. The van der Waals surface area contributed by atoms with Crippen LogP contribution in [0.25, 0.3) is 0 Å². The fourth-order valence-electron chi connectivity index (χ4n) is 3.36. The van der Waals surface area contributed by atoms with Crippen molar-refractivity contribution in [3.8, 4) is 5.75 Å². The molecule has 0 spiro atoms. The number of aromatic nitrogens is 2. The number of hydrogen-bond donors (Lipinski definition) is 1. The molecule has 25 heavy (non-hydrogen) atoms. The summed E-state index contributed by atoms with van der Waals surface area (Å²) in [4.78, 5) is 14.8. The van der Waals surface area contributed by atoms with Crippen LogP contribution in [0.2, 0.25) is 5.02 Å². The first-order chi connectivity index (χ1) is 11.9. The summed E-state index contributed by atoms with van der Waals surface area (Å²) in [5.74, 6) is 0.0793. The van der Waals surface area contributed by atoms with Gasteiger partial charge in [0.25, 0.3) is 0 Å². The Morgan fingerprint density at radius 3 is 2.84 bits per heavy atom. The van der Waals surface area contributed by atoms with Crippen molar-refractivity contribution in [3.05, 3.63) is 45.7 Å². The van der Waals surface area contributed by atoms with E-state index in [2.05, 4.69) is 5.10 Å². The number of aryl methyl sites for hydroxylation is 2. The second-order valence-electron chi connectivity index (χ2n) is 6.34. The topological polar surface area (TPSA) is 67.6 Å². The van der Waals surface area contributed by atoms with Crippen LogP contribution in [0.1, 0.15) is 28.6 Å². The van der Waals surface area contributed by atoms with E-state index in [4.69, 9.17) is 16.3 Å². The molecule has 1 fully saturated rings. The third-order valence-corrected chi connectivity index (χ3v) is 5.08. The second-order valence-corrected chi connectivity index (χ2v) is 6.75. The quantitative estimate of drug-likeness (QED) is 0.910. The molecular formula is C18H22ClN3O3. The van der Waals surface area contributed by atoms with Gasteiger partial charge in [-0.3, -0.25) is 9.48 Å². The highest BCUT2D eigenvalue weighted by atomic mass is 35.5. The van der Waals surface area contributed by atoms with Crippen LogP contribution in [0.3, 0.4) is 0 Å². The number of carbonyl (C=O) groups is 1. The van der Waals surface area contributed by atoms with Crippen molar-refractivity contribution >= 4 is 17.5 Å². The number of rotatable bonds is 3. The van der Waals surface area contributed by atoms with Gasteiger partial charge < -0.3 is 14.7 Å². The van der Waals surface area contributed by atoms with Gasteiger partial charge in [0, 0.05) is 29.9 Å².